The Morgan fingerprint density at radius 3 is 2.21 bits per heavy atom. The third-order valence-corrected chi connectivity index (χ3v) is 2.61. The molecule has 1 atom stereocenters. The van der Waals surface area contributed by atoms with E-state index in [1.165, 1.54) is 6.92 Å². The molecule has 1 nitrogen and oxygen atoms in total. The van der Waals surface area contributed by atoms with Crippen LogP contribution >= 0.6 is 11.8 Å². The van der Waals surface area contributed by atoms with Gasteiger partial charge in [-0.25, -0.2) is 8.78 Å². The van der Waals surface area contributed by atoms with Gasteiger partial charge in [0.25, 0.3) is 6.43 Å². The van der Waals surface area contributed by atoms with Gasteiger partial charge in [0.1, 0.15) is 0 Å². The fourth-order valence-corrected chi connectivity index (χ4v) is 1.42. The van der Waals surface area contributed by atoms with E-state index in [2.05, 4.69) is 5.32 Å². The van der Waals surface area contributed by atoms with Crippen molar-refractivity contribution in [3.05, 3.63) is 24.3 Å². The zero-order chi connectivity index (χ0) is 10.6. The SMILES string of the molecule is CSc1ccc(NC(C)C(F)F)cc1. The topological polar surface area (TPSA) is 12.0 Å². The van der Waals surface area contributed by atoms with Crippen LogP contribution in [-0.2, 0) is 0 Å². The van der Waals surface area contributed by atoms with E-state index in [4.69, 9.17) is 0 Å². The first-order valence-corrected chi connectivity index (χ1v) is 5.54. The number of nitrogens with one attached hydrogen (secondary N) is 1. The molecule has 1 rings (SSSR count). The van der Waals surface area contributed by atoms with Crippen molar-refractivity contribution < 1.29 is 8.78 Å². The summed E-state index contributed by atoms with van der Waals surface area (Å²) in [5.74, 6) is 0. The molecule has 0 aliphatic rings. The van der Waals surface area contributed by atoms with Crippen molar-refractivity contribution in [1.82, 2.24) is 0 Å². The highest BCUT2D eigenvalue weighted by Crippen LogP contribution is 2.18. The predicted octanol–water partition coefficient (Wildman–Crippen LogP) is 3.47. The Morgan fingerprint density at radius 1 is 1.21 bits per heavy atom. The van der Waals surface area contributed by atoms with Gasteiger partial charge in [-0.1, -0.05) is 0 Å². The monoisotopic (exact) mass is 217 g/mol. The fourth-order valence-electron chi connectivity index (χ4n) is 1.01. The molecule has 0 spiro atoms. The van der Waals surface area contributed by atoms with Crippen LogP contribution in [-0.4, -0.2) is 18.7 Å². The van der Waals surface area contributed by atoms with E-state index in [1.807, 2.05) is 30.5 Å². The Kier molecular flexibility index (Phi) is 4.20. The molecule has 0 fully saturated rings. The number of anilines is 1. The largest absolute Gasteiger partial charge is 0.377 e. The highest BCUT2D eigenvalue weighted by atomic mass is 32.2. The van der Waals surface area contributed by atoms with Crippen LogP contribution in [0.4, 0.5) is 14.5 Å². The number of hydrogen-bond acceptors (Lipinski definition) is 2. The van der Waals surface area contributed by atoms with Crippen molar-refractivity contribution in [3.63, 3.8) is 0 Å². The van der Waals surface area contributed by atoms with E-state index in [9.17, 15) is 8.78 Å². The van der Waals surface area contributed by atoms with E-state index in [0.717, 1.165) is 10.6 Å². The molecule has 1 unspecified atom stereocenters. The second kappa shape index (κ2) is 5.20. The van der Waals surface area contributed by atoms with Crippen LogP contribution in [0.15, 0.2) is 29.2 Å². The maximum absolute atomic E-state index is 12.2. The smallest absolute Gasteiger partial charge is 0.258 e. The van der Waals surface area contributed by atoms with Crippen molar-refractivity contribution >= 4 is 17.4 Å². The minimum absolute atomic E-state index is 0.732. The van der Waals surface area contributed by atoms with E-state index in [0.29, 0.717) is 0 Å². The summed E-state index contributed by atoms with van der Waals surface area (Å²) in [7, 11) is 0. The molecule has 78 valence electrons. The number of rotatable bonds is 4. The van der Waals surface area contributed by atoms with E-state index < -0.39 is 12.5 Å². The molecule has 0 aromatic heterocycles. The highest BCUT2D eigenvalue weighted by Gasteiger charge is 2.13. The molecule has 0 aliphatic carbocycles. The number of benzene rings is 1. The molecule has 1 aromatic rings. The van der Waals surface area contributed by atoms with Crippen molar-refractivity contribution in [3.8, 4) is 0 Å². The van der Waals surface area contributed by atoms with Crippen molar-refractivity contribution in [1.29, 1.82) is 0 Å². The maximum atomic E-state index is 12.2. The van der Waals surface area contributed by atoms with Crippen LogP contribution in [0.2, 0.25) is 0 Å². The van der Waals surface area contributed by atoms with Gasteiger partial charge in [-0.05, 0) is 37.4 Å². The molecule has 1 aromatic carbocycles. The lowest BCUT2D eigenvalue weighted by Crippen LogP contribution is -2.23. The number of alkyl halides is 2. The van der Waals surface area contributed by atoms with E-state index >= 15 is 0 Å². The number of halogens is 2. The predicted molar refractivity (Wildman–Crippen MR) is 57.3 cm³/mol. The van der Waals surface area contributed by atoms with Crippen LogP contribution in [0.25, 0.3) is 0 Å². The first kappa shape index (κ1) is 11.3. The second-order valence-corrected chi connectivity index (χ2v) is 3.88. The van der Waals surface area contributed by atoms with Crippen molar-refractivity contribution in [2.75, 3.05) is 11.6 Å². The van der Waals surface area contributed by atoms with Gasteiger partial charge in [0, 0.05) is 10.6 Å². The standard InChI is InChI=1S/C10H13F2NS/c1-7(10(11)12)13-8-3-5-9(14-2)6-4-8/h3-7,10,13H,1-2H3. The van der Waals surface area contributed by atoms with Crippen molar-refractivity contribution in [2.45, 2.75) is 24.3 Å². The zero-order valence-electron chi connectivity index (χ0n) is 8.13. The molecule has 0 aliphatic heterocycles. The Morgan fingerprint density at radius 2 is 1.79 bits per heavy atom. The molecular weight excluding hydrogens is 204 g/mol. The van der Waals surface area contributed by atoms with Crippen LogP contribution < -0.4 is 5.32 Å². The van der Waals surface area contributed by atoms with Crippen LogP contribution in [0.3, 0.4) is 0 Å². The summed E-state index contributed by atoms with van der Waals surface area (Å²) in [6.07, 6.45) is -0.361. The van der Waals surface area contributed by atoms with Gasteiger partial charge >= 0.3 is 0 Å². The lowest BCUT2D eigenvalue weighted by molar-refractivity contribution is 0.131. The van der Waals surface area contributed by atoms with Crippen LogP contribution in [0, 0.1) is 0 Å². The normalized spacial score (nSPS) is 12.9. The Balaban J connectivity index is 2.59. The molecule has 0 saturated heterocycles. The lowest BCUT2D eigenvalue weighted by Gasteiger charge is -2.14. The zero-order valence-corrected chi connectivity index (χ0v) is 8.94. The molecule has 0 bridgehead atoms. The molecule has 1 N–H and O–H groups in total. The third kappa shape index (κ3) is 3.18. The molecule has 4 heteroatoms. The molecule has 14 heavy (non-hydrogen) atoms. The molecule has 0 amide bonds. The fraction of sp³-hybridized carbons (Fsp3) is 0.400. The summed E-state index contributed by atoms with van der Waals surface area (Å²) in [5, 5.41) is 2.73. The quantitative estimate of drug-likeness (QED) is 0.775. The molecular formula is C10H13F2NS. The summed E-state index contributed by atoms with van der Waals surface area (Å²) >= 11 is 1.63. The second-order valence-electron chi connectivity index (χ2n) is 3.00. The molecule has 0 heterocycles. The summed E-state index contributed by atoms with van der Waals surface area (Å²) < 4.78 is 24.4. The van der Waals surface area contributed by atoms with Gasteiger partial charge in [-0.3, -0.25) is 0 Å². The van der Waals surface area contributed by atoms with Gasteiger partial charge in [0.05, 0.1) is 6.04 Å². The minimum atomic E-state index is -2.34. The Hall–Kier alpha value is -0.770. The van der Waals surface area contributed by atoms with Gasteiger partial charge in [0.2, 0.25) is 0 Å². The summed E-state index contributed by atoms with van der Waals surface area (Å²) in [6.45, 7) is 1.47. The Labute approximate surface area is 86.9 Å². The number of thioether (sulfide) groups is 1. The first-order chi connectivity index (χ1) is 6.63. The average Bonchev–Trinajstić information content (AvgIpc) is 2.19. The van der Waals surface area contributed by atoms with Gasteiger partial charge < -0.3 is 5.32 Å². The molecule has 0 saturated carbocycles. The lowest BCUT2D eigenvalue weighted by atomic mass is 10.3. The van der Waals surface area contributed by atoms with Crippen molar-refractivity contribution in [2.24, 2.45) is 0 Å². The third-order valence-electron chi connectivity index (χ3n) is 1.86. The van der Waals surface area contributed by atoms with Crippen LogP contribution in [0.1, 0.15) is 6.92 Å². The average molecular weight is 217 g/mol. The minimum Gasteiger partial charge on any atom is -0.377 e. The summed E-state index contributed by atoms with van der Waals surface area (Å²) in [5.41, 5.74) is 0.732. The van der Waals surface area contributed by atoms with Gasteiger partial charge in [-0.15, -0.1) is 11.8 Å². The first-order valence-electron chi connectivity index (χ1n) is 4.32. The molecule has 0 radical (unpaired) electrons. The highest BCUT2D eigenvalue weighted by molar-refractivity contribution is 7.98. The maximum Gasteiger partial charge on any atom is 0.258 e. The van der Waals surface area contributed by atoms with E-state index in [-0.39, 0.29) is 0 Å². The van der Waals surface area contributed by atoms with Gasteiger partial charge in [0.15, 0.2) is 0 Å². The summed E-state index contributed by atoms with van der Waals surface area (Å²) in [4.78, 5) is 1.13. The number of hydrogen-bond donors (Lipinski definition) is 1. The Bertz CT molecular complexity index is 274. The van der Waals surface area contributed by atoms with Crippen LogP contribution in [0.5, 0.6) is 0 Å². The summed E-state index contributed by atoms with van der Waals surface area (Å²) in [6, 6.07) is 6.63. The van der Waals surface area contributed by atoms with E-state index in [1.54, 1.807) is 11.8 Å². The van der Waals surface area contributed by atoms with Gasteiger partial charge in [-0.2, -0.15) is 0 Å².